The molecule has 0 aliphatic carbocycles. The second kappa shape index (κ2) is 26.2. The molecule has 0 aromatic carbocycles. The highest BCUT2D eigenvalue weighted by molar-refractivity contribution is 6.20. The molecule has 0 aliphatic rings. The summed E-state index contributed by atoms with van der Waals surface area (Å²) in [6, 6.07) is -0.730. The fourth-order valence-electron chi connectivity index (χ4n) is 0. The van der Waals surface area contributed by atoms with E-state index in [0.29, 0.717) is 0 Å². The van der Waals surface area contributed by atoms with E-state index in [-0.39, 0.29) is 21.9 Å². The third kappa shape index (κ3) is 110. The first kappa shape index (κ1) is 39.8. The van der Waals surface area contributed by atoms with Crippen LogP contribution in [0.2, 0.25) is 0 Å². The number of primary amides is 1. The van der Waals surface area contributed by atoms with E-state index in [1.54, 1.807) is 4.84 Å². The summed E-state index contributed by atoms with van der Waals surface area (Å²) in [5.41, 5.74) is 4.41. The van der Waals surface area contributed by atoms with Gasteiger partial charge in [-0.05, 0) is 0 Å². The average molecular weight is 167 g/mol. The molecule has 0 aliphatic heterocycles. The summed E-state index contributed by atoms with van der Waals surface area (Å²) in [5, 5.41) is 0. The Morgan fingerprint density at radius 1 is 1.22 bits per heavy atom. The third-order valence-corrected chi connectivity index (χ3v) is 0.279. The molecule has 0 atom stereocenters. The lowest BCUT2D eigenvalue weighted by Gasteiger charge is -1.76. The van der Waals surface area contributed by atoms with Crippen molar-refractivity contribution >= 4 is 17.8 Å². The van der Waals surface area contributed by atoms with Crippen molar-refractivity contribution in [2.75, 3.05) is 0 Å². The van der Waals surface area contributed by atoms with Crippen molar-refractivity contribution in [1.82, 2.24) is 4.84 Å². The summed E-state index contributed by atoms with van der Waals surface area (Å²) in [5.74, 6) is 0. The fraction of sp³-hybridized carbons (Fsp3) is 0. The Labute approximate surface area is 56.1 Å². The zero-order valence-electron chi connectivity index (χ0n) is 4.36. The monoisotopic (exact) mass is 166 g/mol. The van der Waals surface area contributed by atoms with E-state index in [2.05, 4.69) is 17.5 Å². The molecule has 0 heterocycles. The summed E-state index contributed by atoms with van der Waals surface area (Å²) in [6.45, 7) is 0. The van der Waals surface area contributed by atoms with Crippen molar-refractivity contribution in [3.05, 3.63) is 0 Å². The maximum Gasteiger partial charge on any atom is 0.326 e. The first-order chi connectivity index (χ1) is 2.27. The minimum Gasteiger partial charge on any atom is -0.412 e. The molecule has 2 amide bonds. The summed E-state index contributed by atoms with van der Waals surface area (Å²) in [7, 11) is 0. The molecule has 0 fully saturated rings. The molecule has 0 unspecified atom stereocenters. The van der Waals surface area contributed by atoms with E-state index in [9.17, 15) is 4.79 Å². The fourth-order valence-corrected chi connectivity index (χ4v) is 0. The van der Waals surface area contributed by atoms with Crippen LogP contribution in [0.1, 0.15) is 0 Å². The molecular weight excluding hydrogens is 155 g/mol. The minimum atomic E-state index is -0.730. The quantitative estimate of drug-likeness (QED) is 0.348. The zero-order valence-corrected chi connectivity index (χ0v) is 5.12. The second-order valence-corrected chi connectivity index (χ2v) is 0.648. The topological polar surface area (TPSA) is 181 Å². The Morgan fingerprint density at radius 2 is 1.33 bits per heavy atom. The molecule has 0 rings (SSSR count). The van der Waals surface area contributed by atoms with E-state index in [1.807, 2.05) is 0 Å². The number of amides is 2. The van der Waals surface area contributed by atoms with E-state index < -0.39 is 6.03 Å². The molecule has 0 saturated carbocycles. The van der Waals surface area contributed by atoms with Gasteiger partial charge in [0.15, 0.2) is 0 Å². The van der Waals surface area contributed by atoms with Gasteiger partial charge in [-0.2, -0.15) is 0 Å². The van der Waals surface area contributed by atoms with Crippen LogP contribution in [0, 0.1) is 0 Å². The Kier molecular flexibility index (Phi) is 116. The number of hydrogen-bond acceptors (Lipinski definition) is 1. The average Bonchev–Trinajstić information content (AvgIpc) is 1.38. The number of rotatable bonds is 0. The van der Waals surface area contributed by atoms with E-state index in [4.69, 9.17) is 0 Å². The number of urea groups is 1. The Balaban J connectivity index is -0.0000000133. The van der Waals surface area contributed by atoms with Crippen molar-refractivity contribution in [2.24, 2.45) is 5.73 Å². The predicted octanol–water partition coefficient (Wildman–Crippen LogP) is -3.49. The molecule has 0 bridgehead atoms. The van der Waals surface area contributed by atoms with E-state index >= 15 is 0 Å². The SMILES string of the molecule is NC(=O)NCl.O.O.O.O. The van der Waals surface area contributed by atoms with Gasteiger partial charge in [-0.3, -0.25) is 4.84 Å². The number of hydrogen-bond donors (Lipinski definition) is 2. The van der Waals surface area contributed by atoms with Gasteiger partial charge in [-0.25, -0.2) is 4.79 Å². The van der Waals surface area contributed by atoms with Gasteiger partial charge in [0.25, 0.3) is 0 Å². The van der Waals surface area contributed by atoms with Crippen LogP contribution in [0.5, 0.6) is 0 Å². The van der Waals surface area contributed by atoms with Gasteiger partial charge >= 0.3 is 6.03 Å². The van der Waals surface area contributed by atoms with Crippen molar-refractivity contribution < 1.29 is 26.7 Å². The van der Waals surface area contributed by atoms with Crippen LogP contribution < -0.4 is 10.6 Å². The normalized spacial score (nSPS) is 3.67. The molecule has 0 aromatic rings. The minimum absolute atomic E-state index is 0. The van der Waals surface area contributed by atoms with Crippen molar-refractivity contribution in [3.63, 3.8) is 0 Å². The zero-order chi connectivity index (χ0) is 4.28. The Morgan fingerprint density at radius 3 is 1.33 bits per heavy atom. The van der Waals surface area contributed by atoms with Crippen molar-refractivity contribution in [1.29, 1.82) is 0 Å². The number of carbonyl (C=O) groups is 1. The standard InChI is InChI=1S/CH3ClN2O.4H2O/c2-4-1(3)5;;;;/h(H3,3,4,5);4*1H2. The maximum atomic E-state index is 9.35. The van der Waals surface area contributed by atoms with Gasteiger partial charge in [0.05, 0.1) is 0 Å². The molecule has 0 saturated heterocycles. The van der Waals surface area contributed by atoms with Crippen LogP contribution in [0.3, 0.4) is 0 Å². The van der Waals surface area contributed by atoms with Crippen LogP contribution in [-0.4, -0.2) is 27.9 Å². The lowest BCUT2D eigenvalue weighted by atomic mass is 11.2. The highest BCUT2D eigenvalue weighted by Gasteiger charge is 1.75. The number of nitrogens with two attached hydrogens (primary N) is 1. The Hall–Kier alpha value is -0.600. The van der Waals surface area contributed by atoms with Gasteiger partial charge in [-0.1, -0.05) is 0 Å². The van der Waals surface area contributed by atoms with E-state index in [0.717, 1.165) is 0 Å². The van der Waals surface area contributed by atoms with Gasteiger partial charge in [0, 0.05) is 11.8 Å². The number of carbonyl (C=O) groups excluding carboxylic acids is 1. The summed E-state index contributed by atoms with van der Waals surface area (Å²) >= 11 is 4.61. The summed E-state index contributed by atoms with van der Waals surface area (Å²) in [6.07, 6.45) is 0. The second-order valence-electron chi connectivity index (χ2n) is 0.459. The predicted molar refractivity (Wildman–Crippen MR) is 33.0 cm³/mol. The van der Waals surface area contributed by atoms with Crippen molar-refractivity contribution in [2.45, 2.75) is 0 Å². The van der Waals surface area contributed by atoms with Gasteiger partial charge < -0.3 is 27.6 Å². The lowest BCUT2D eigenvalue weighted by molar-refractivity contribution is 0.254. The Bertz CT molecular complexity index is 50.2. The molecular formula is CH11ClN2O5. The van der Waals surface area contributed by atoms with Crippen LogP contribution in [-0.2, 0) is 0 Å². The highest BCUT2D eigenvalue weighted by atomic mass is 35.5. The summed E-state index contributed by atoms with van der Waals surface area (Å²) < 4.78 is 0. The van der Waals surface area contributed by atoms with Crippen LogP contribution >= 0.6 is 11.8 Å². The van der Waals surface area contributed by atoms with Gasteiger partial charge in [-0.15, -0.1) is 0 Å². The molecule has 11 N–H and O–H groups in total. The molecule has 0 radical (unpaired) electrons. The molecule has 62 valence electrons. The summed E-state index contributed by atoms with van der Waals surface area (Å²) in [4.78, 5) is 11.0. The van der Waals surface area contributed by atoms with Gasteiger partial charge in [0.1, 0.15) is 0 Å². The molecule has 0 spiro atoms. The lowest BCUT2D eigenvalue weighted by Crippen LogP contribution is -2.19. The van der Waals surface area contributed by atoms with E-state index in [1.165, 1.54) is 0 Å². The van der Waals surface area contributed by atoms with Gasteiger partial charge in [0.2, 0.25) is 0 Å². The smallest absolute Gasteiger partial charge is 0.326 e. The first-order valence-corrected chi connectivity index (χ1v) is 1.31. The highest BCUT2D eigenvalue weighted by Crippen LogP contribution is 1.54. The molecule has 0 aromatic heterocycles. The number of halogens is 1. The first-order valence-electron chi connectivity index (χ1n) is 0.932. The molecule has 9 heavy (non-hydrogen) atoms. The van der Waals surface area contributed by atoms with Crippen LogP contribution in [0.25, 0.3) is 0 Å². The van der Waals surface area contributed by atoms with Crippen molar-refractivity contribution in [3.8, 4) is 0 Å². The maximum absolute atomic E-state index is 9.35. The van der Waals surface area contributed by atoms with Crippen LogP contribution in [0.4, 0.5) is 4.79 Å². The van der Waals surface area contributed by atoms with Crippen LogP contribution in [0.15, 0.2) is 0 Å². The largest absolute Gasteiger partial charge is 0.412 e. The molecule has 7 nitrogen and oxygen atoms in total. The number of nitrogens with one attached hydrogen (secondary N) is 1. The third-order valence-electron chi connectivity index (χ3n) is 0.0931. The molecule has 8 heteroatoms.